The first kappa shape index (κ1) is 22.2. The van der Waals surface area contributed by atoms with Crippen LogP contribution in [0.15, 0.2) is 24.3 Å². The summed E-state index contributed by atoms with van der Waals surface area (Å²) >= 11 is 0. The second-order valence-electron chi connectivity index (χ2n) is 9.08. The summed E-state index contributed by atoms with van der Waals surface area (Å²) in [5.41, 5.74) is 1.82. The summed E-state index contributed by atoms with van der Waals surface area (Å²) in [5, 5.41) is 4.70. The minimum atomic E-state index is -4.44. The Bertz CT molecular complexity index is 1040. The molecule has 0 bridgehead atoms. The Balaban J connectivity index is 1.20. The van der Waals surface area contributed by atoms with Crippen LogP contribution < -0.4 is 0 Å². The molecule has 2 fully saturated rings. The van der Waals surface area contributed by atoms with Crippen molar-refractivity contribution in [3.8, 4) is 0 Å². The van der Waals surface area contributed by atoms with Gasteiger partial charge in [0.2, 0.25) is 0 Å². The van der Waals surface area contributed by atoms with E-state index in [1.54, 1.807) is 17.9 Å². The molecule has 0 aliphatic carbocycles. The predicted octanol–water partition coefficient (Wildman–Crippen LogP) is 3.90. The monoisotopic (exact) mass is 464 g/mol. The zero-order valence-corrected chi connectivity index (χ0v) is 18.5. The number of amides is 1. The van der Waals surface area contributed by atoms with Crippen molar-refractivity contribution in [3.05, 3.63) is 52.3 Å². The van der Waals surface area contributed by atoms with Crippen LogP contribution in [0.5, 0.6) is 0 Å². The number of alkyl halides is 3. The third-order valence-electron chi connectivity index (χ3n) is 6.62. The van der Waals surface area contributed by atoms with Gasteiger partial charge in [0.1, 0.15) is 12.7 Å². The van der Waals surface area contributed by atoms with Crippen molar-refractivity contribution in [3.63, 3.8) is 0 Å². The molecular weight excluding hydrogens is 437 g/mol. The number of carbonyl (C=O) groups excluding carboxylic acids is 1. The molecule has 1 aromatic heterocycles. The van der Waals surface area contributed by atoms with E-state index in [0.717, 1.165) is 43.2 Å². The number of halogens is 3. The number of nitrogens with zero attached hydrogens (tertiary/aromatic N) is 4. The number of hydrogen-bond donors (Lipinski definition) is 0. The molecule has 3 aliphatic rings. The zero-order valence-electron chi connectivity index (χ0n) is 18.5. The van der Waals surface area contributed by atoms with Gasteiger partial charge in [-0.3, -0.25) is 9.58 Å². The van der Waals surface area contributed by atoms with E-state index in [9.17, 15) is 18.0 Å². The number of aryl methyl sites for hydroxylation is 1. The Morgan fingerprint density at radius 1 is 1.21 bits per heavy atom. The van der Waals surface area contributed by atoms with E-state index in [-0.39, 0.29) is 12.7 Å². The van der Waals surface area contributed by atoms with Gasteiger partial charge in [0.15, 0.2) is 0 Å². The van der Waals surface area contributed by atoms with Crippen molar-refractivity contribution >= 4 is 6.09 Å². The second kappa shape index (κ2) is 8.64. The van der Waals surface area contributed by atoms with Crippen LogP contribution in [0.4, 0.5) is 18.0 Å². The van der Waals surface area contributed by atoms with Gasteiger partial charge in [0.25, 0.3) is 0 Å². The number of rotatable bonds is 3. The highest BCUT2D eigenvalue weighted by Crippen LogP contribution is 2.32. The van der Waals surface area contributed by atoms with Crippen molar-refractivity contribution in [2.24, 2.45) is 0 Å². The Kier molecular flexibility index (Phi) is 5.82. The van der Waals surface area contributed by atoms with Gasteiger partial charge in [-0.25, -0.2) is 4.79 Å². The van der Waals surface area contributed by atoms with Gasteiger partial charge in [-0.1, -0.05) is 11.6 Å². The van der Waals surface area contributed by atoms with Gasteiger partial charge in [-0.2, -0.15) is 18.3 Å². The van der Waals surface area contributed by atoms with Crippen LogP contribution in [0.1, 0.15) is 47.0 Å². The molecule has 178 valence electrons. The van der Waals surface area contributed by atoms with Crippen LogP contribution in [0.25, 0.3) is 0 Å². The maximum absolute atomic E-state index is 13.0. The smallest absolute Gasteiger partial charge is 0.416 e. The molecule has 4 heterocycles. The number of morpholine rings is 1. The van der Waals surface area contributed by atoms with E-state index in [2.05, 4.69) is 4.90 Å². The van der Waals surface area contributed by atoms with Gasteiger partial charge in [-0.05, 0) is 50.1 Å². The molecule has 0 saturated carbocycles. The molecule has 1 unspecified atom stereocenters. The summed E-state index contributed by atoms with van der Waals surface area (Å²) < 4.78 is 52.4. The largest absolute Gasteiger partial charge is 0.445 e. The predicted molar refractivity (Wildman–Crippen MR) is 112 cm³/mol. The highest BCUT2D eigenvalue weighted by Gasteiger charge is 2.35. The average Bonchev–Trinajstić information content (AvgIpc) is 3.42. The summed E-state index contributed by atoms with van der Waals surface area (Å²) in [5.74, 6) is 0. The number of ether oxygens (including phenoxy) is 2. The average molecular weight is 464 g/mol. The van der Waals surface area contributed by atoms with Crippen LogP contribution in [0, 0.1) is 6.92 Å². The summed E-state index contributed by atoms with van der Waals surface area (Å²) in [6.45, 7) is 5.33. The molecule has 7 nitrogen and oxygen atoms in total. The van der Waals surface area contributed by atoms with Crippen molar-refractivity contribution in [2.75, 3.05) is 26.2 Å². The zero-order chi connectivity index (χ0) is 23.2. The number of carbonyl (C=O) groups is 1. The summed E-state index contributed by atoms with van der Waals surface area (Å²) in [4.78, 5) is 16.6. The molecule has 0 spiro atoms. The van der Waals surface area contributed by atoms with Gasteiger partial charge in [0.05, 0.1) is 36.6 Å². The molecule has 1 aromatic carbocycles. The SMILES string of the molecule is Cc1cc(COC(=O)N2CCn3nc(C4CN5CCC[C@H]5CO4)cc3C2)cc(C(F)(F)F)c1. The van der Waals surface area contributed by atoms with E-state index in [0.29, 0.717) is 36.8 Å². The Morgan fingerprint density at radius 3 is 2.88 bits per heavy atom. The quantitative estimate of drug-likeness (QED) is 0.690. The van der Waals surface area contributed by atoms with Crippen LogP contribution in [-0.2, 0) is 35.3 Å². The number of hydrogen-bond acceptors (Lipinski definition) is 5. The first-order valence-corrected chi connectivity index (χ1v) is 11.3. The minimum Gasteiger partial charge on any atom is -0.445 e. The van der Waals surface area contributed by atoms with Gasteiger partial charge in [-0.15, -0.1) is 0 Å². The van der Waals surface area contributed by atoms with E-state index in [1.807, 2.05) is 10.7 Å². The molecule has 0 N–H and O–H groups in total. The maximum Gasteiger partial charge on any atom is 0.416 e. The van der Waals surface area contributed by atoms with Gasteiger partial charge >= 0.3 is 12.3 Å². The molecule has 2 atom stereocenters. The lowest BCUT2D eigenvalue weighted by molar-refractivity contribution is -0.137. The van der Waals surface area contributed by atoms with Crippen molar-refractivity contribution in [2.45, 2.75) is 57.8 Å². The normalized spacial score (nSPS) is 23.3. The molecule has 0 radical (unpaired) electrons. The fraction of sp³-hybridized carbons (Fsp3) is 0.565. The van der Waals surface area contributed by atoms with Crippen LogP contribution in [0.2, 0.25) is 0 Å². The van der Waals surface area contributed by atoms with Crippen molar-refractivity contribution in [1.82, 2.24) is 19.6 Å². The lowest BCUT2D eigenvalue weighted by atomic mass is 10.1. The molecule has 1 amide bonds. The highest BCUT2D eigenvalue weighted by molar-refractivity contribution is 5.67. The molecule has 10 heteroatoms. The van der Waals surface area contributed by atoms with Crippen molar-refractivity contribution in [1.29, 1.82) is 0 Å². The number of aromatic nitrogens is 2. The molecule has 2 saturated heterocycles. The molecule has 3 aliphatic heterocycles. The fourth-order valence-electron chi connectivity index (χ4n) is 4.94. The first-order valence-electron chi connectivity index (χ1n) is 11.3. The summed E-state index contributed by atoms with van der Waals surface area (Å²) in [6, 6.07) is 6.19. The Morgan fingerprint density at radius 2 is 2.06 bits per heavy atom. The van der Waals surface area contributed by atoms with Crippen molar-refractivity contribution < 1.29 is 27.4 Å². The number of benzene rings is 1. The first-order chi connectivity index (χ1) is 15.8. The molecule has 5 rings (SSSR count). The molecule has 33 heavy (non-hydrogen) atoms. The molecular formula is C23H27F3N4O3. The Hall–Kier alpha value is -2.59. The van der Waals surface area contributed by atoms with E-state index < -0.39 is 17.8 Å². The van der Waals surface area contributed by atoms with Gasteiger partial charge < -0.3 is 14.4 Å². The number of fused-ring (bicyclic) bond motifs is 2. The topological polar surface area (TPSA) is 59.8 Å². The lowest BCUT2D eigenvalue weighted by Crippen LogP contribution is -2.42. The molecule has 2 aromatic rings. The minimum absolute atomic E-state index is 0.0676. The van der Waals surface area contributed by atoms with Crippen LogP contribution >= 0.6 is 0 Å². The summed E-state index contributed by atoms with van der Waals surface area (Å²) in [7, 11) is 0. The Labute approximate surface area is 190 Å². The van der Waals surface area contributed by atoms with Crippen LogP contribution in [-0.4, -0.2) is 58.0 Å². The highest BCUT2D eigenvalue weighted by atomic mass is 19.4. The second-order valence-corrected chi connectivity index (χ2v) is 9.08. The third-order valence-corrected chi connectivity index (χ3v) is 6.62. The standard InChI is InChI=1S/C23H27F3N4O3/c1-15-7-16(9-17(8-15)23(24,25)26)13-33-22(31)29-5-6-30-19(11-29)10-20(27-30)21-12-28-4-2-3-18(28)14-32-21/h7-10,18,21H,2-6,11-14H2,1H3/t18-,21?/m0/s1. The van der Waals surface area contributed by atoms with Crippen LogP contribution in [0.3, 0.4) is 0 Å². The fourth-order valence-corrected chi connectivity index (χ4v) is 4.94. The van der Waals surface area contributed by atoms with E-state index in [1.165, 1.54) is 12.8 Å². The lowest BCUT2D eigenvalue weighted by Gasteiger charge is -2.34. The van der Waals surface area contributed by atoms with Gasteiger partial charge in [0, 0.05) is 19.1 Å². The third kappa shape index (κ3) is 4.72. The van der Waals surface area contributed by atoms with E-state index >= 15 is 0 Å². The summed E-state index contributed by atoms with van der Waals surface area (Å²) in [6.07, 6.45) is -2.66. The maximum atomic E-state index is 13.0. The van der Waals surface area contributed by atoms with E-state index in [4.69, 9.17) is 14.6 Å².